The quantitative estimate of drug-likeness (QED) is 0.553. The van der Waals surface area contributed by atoms with Crippen molar-refractivity contribution in [3.8, 4) is 0 Å². The van der Waals surface area contributed by atoms with Crippen molar-refractivity contribution in [1.82, 2.24) is 0 Å². The highest BCUT2D eigenvalue weighted by atomic mass is 35.5. The zero-order chi connectivity index (χ0) is 19.3. The summed E-state index contributed by atoms with van der Waals surface area (Å²) in [4.78, 5) is 24.3. The molecule has 8 heteroatoms. The molecule has 0 aliphatic carbocycles. The molecule has 0 bridgehead atoms. The number of nitrogens with one attached hydrogen (secondary N) is 1. The van der Waals surface area contributed by atoms with Gasteiger partial charge in [-0.1, -0.05) is 17.7 Å². The first-order chi connectivity index (χ1) is 12.3. The second-order valence-corrected chi connectivity index (χ2v) is 7.03. The van der Waals surface area contributed by atoms with Crippen molar-refractivity contribution in [2.45, 2.75) is 24.0 Å². The number of hydrogen-bond donors (Lipinski definition) is 1. The van der Waals surface area contributed by atoms with E-state index in [9.17, 15) is 18.4 Å². The van der Waals surface area contributed by atoms with Gasteiger partial charge in [-0.3, -0.25) is 9.59 Å². The highest BCUT2D eigenvalue weighted by Crippen LogP contribution is 2.35. The Morgan fingerprint density at radius 1 is 1.27 bits per heavy atom. The first-order valence-electron chi connectivity index (χ1n) is 7.71. The third-order valence-corrected chi connectivity index (χ3v) is 4.84. The van der Waals surface area contributed by atoms with E-state index in [0.29, 0.717) is 4.90 Å². The Bertz CT molecular complexity index is 832. The predicted octanol–water partition coefficient (Wildman–Crippen LogP) is 4.91. The summed E-state index contributed by atoms with van der Waals surface area (Å²) in [6, 6.07) is 7.40. The zero-order valence-corrected chi connectivity index (χ0v) is 15.6. The van der Waals surface area contributed by atoms with Crippen molar-refractivity contribution >= 4 is 40.9 Å². The van der Waals surface area contributed by atoms with Crippen molar-refractivity contribution in [2.24, 2.45) is 0 Å². The molecule has 1 unspecified atom stereocenters. The smallest absolute Gasteiger partial charge is 0.319 e. The molecule has 0 saturated carbocycles. The first kappa shape index (κ1) is 20.2. The predicted molar refractivity (Wildman–Crippen MR) is 97.7 cm³/mol. The van der Waals surface area contributed by atoms with Crippen LogP contribution in [-0.4, -0.2) is 23.7 Å². The van der Waals surface area contributed by atoms with Gasteiger partial charge in [0, 0.05) is 10.5 Å². The fourth-order valence-corrected chi connectivity index (χ4v) is 3.22. The normalized spacial score (nSPS) is 11.7. The minimum absolute atomic E-state index is 0.0495. The average Bonchev–Trinajstić information content (AvgIpc) is 2.59. The van der Waals surface area contributed by atoms with Crippen LogP contribution in [0, 0.1) is 11.6 Å². The second-order valence-electron chi connectivity index (χ2n) is 5.24. The Labute approximate surface area is 158 Å². The van der Waals surface area contributed by atoms with E-state index >= 15 is 0 Å². The summed E-state index contributed by atoms with van der Waals surface area (Å²) in [5, 5.41) is 1.92. The van der Waals surface area contributed by atoms with Crippen LogP contribution in [0.3, 0.4) is 0 Å². The molecule has 26 heavy (non-hydrogen) atoms. The molecule has 1 N–H and O–H groups in total. The second kappa shape index (κ2) is 9.00. The number of anilines is 1. The number of halogens is 3. The Hall–Kier alpha value is -2.12. The van der Waals surface area contributed by atoms with Gasteiger partial charge in [-0.2, -0.15) is 0 Å². The number of carbonyl (C=O) groups is 2. The summed E-state index contributed by atoms with van der Waals surface area (Å²) in [6.45, 7) is 3.57. The fraction of sp³-hybridized carbons (Fsp3) is 0.222. The summed E-state index contributed by atoms with van der Waals surface area (Å²) in [6.07, 6.45) is 0. The van der Waals surface area contributed by atoms with Crippen LogP contribution in [0.4, 0.5) is 14.5 Å². The van der Waals surface area contributed by atoms with Gasteiger partial charge in [-0.25, -0.2) is 8.78 Å². The lowest BCUT2D eigenvalue weighted by Crippen LogP contribution is -2.17. The fourth-order valence-electron chi connectivity index (χ4n) is 2.04. The van der Waals surface area contributed by atoms with E-state index in [2.05, 4.69) is 5.32 Å². The number of rotatable bonds is 6. The minimum Gasteiger partial charge on any atom is -0.465 e. The molecular weight excluding hydrogens is 384 g/mol. The van der Waals surface area contributed by atoms with Gasteiger partial charge in [-0.15, -0.1) is 11.8 Å². The molecule has 0 spiro atoms. The highest BCUT2D eigenvalue weighted by molar-refractivity contribution is 8.00. The lowest BCUT2D eigenvalue weighted by molar-refractivity contribution is -0.142. The number of thioether (sulfide) groups is 1. The maximum absolute atomic E-state index is 14.1. The van der Waals surface area contributed by atoms with E-state index in [1.54, 1.807) is 13.8 Å². The molecule has 0 saturated heterocycles. The van der Waals surface area contributed by atoms with Crippen molar-refractivity contribution in [3.05, 3.63) is 58.6 Å². The van der Waals surface area contributed by atoms with Gasteiger partial charge in [0.05, 0.1) is 17.3 Å². The van der Waals surface area contributed by atoms with Gasteiger partial charge in [0.1, 0.15) is 16.9 Å². The van der Waals surface area contributed by atoms with Crippen LogP contribution >= 0.6 is 23.4 Å². The number of esters is 1. The van der Waals surface area contributed by atoms with Gasteiger partial charge < -0.3 is 10.1 Å². The molecule has 138 valence electrons. The Kier molecular flexibility index (Phi) is 6.99. The van der Waals surface area contributed by atoms with Crippen molar-refractivity contribution in [2.75, 3.05) is 11.9 Å². The van der Waals surface area contributed by atoms with Crippen molar-refractivity contribution in [1.29, 1.82) is 0 Å². The molecule has 1 amide bonds. The average molecular weight is 400 g/mol. The van der Waals surface area contributed by atoms with E-state index in [1.165, 1.54) is 24.3 Å². The van der Waals surface area contributed by atoms with Gasteiger partial charge in [0.25, 0.3) is 5.91 Å². The summed E-state index contributed by atoms with van der Waals surface area (Å²) >= 11 is 7.11. The first-order valence-corrected chi connectivity index (χ1v) is 8.96. The SMILES string of the molecule is CCOC(=O)C(C)Sc1cc(NC(=O)c2cccc(F)c2)c(F)cc1Cl. The van der Waals surface area contributed by atoms with Crippen LogP contribution in [0.15, 0.2) is 41.3 Å². The third-order valence-electron chi connectivity index (χ3n) is 3.28. The lowest BCUT2D eigenvalue weighted by atomic mass is 10.2. The lowest BCUT2D eigenvalue weighted by Gasteiger charge is -2.14. The monoisotopic (exact) mass is 399 g/mol. The number of hydrogen-bond acceptors (Lipinski definition) is 4. The molecular formula is C18H16ClF2NO3S. The van der Waals surface area contributed by atoms with Gasteiger partial charge in [0.2, 0.25) is 0 Å². The molecule has 4 nitrogen and oxygen atoms in total. The molecule has 2 rings (SSSR count). The van der Waals surface area contributed by atoms with Gasteiger partial charge in [0.15, 0.2) is 0 Å². The maximum atomic E-state index is 14.1. The summed E-state index contributed by atoms with van der Waals surface area (Å²) in [5.41, 5.74) is -0.0735. The van der Waals surface area contributed by atoms with Gasteiger partial charge >= 0.3 is 5.97 Å². The molecule has 1 atom stereocenters. The zero-order valence-electron chi connectivity index (χ0n) is 14.0. The molecule has 0 aliphatic rings. The van der Waals surface area contributed by atoms with Crippen LogP contribution < -0.4 is 5.32 Å². The van der Waals surface area contributed by atoms with Crippen molar-refractivity contribution < 1.29 is 23.1 Å². The minimum atomic E-state index is -0.743. The summed E-state index contributed by atoms with van der Waals surface area (Å²) in [5.74, 6) is -2.41. The van der Waals surface area contributed by atoms with Gasteiger partial charge in [-0.05, 0) is 44.2 Å². The number of ether oxygens (including phenoxy) is 1. The molecule has 2 aromatic rings. The van der Waals surface area contributed by atoms with E-state index < -0.39 is 28.8 Å². The Balaban J connectivity index is 2.21. The van der Waals surface area contributed by atoms with Crippen LogP contribution in [0.2, 0.25) is 5.02 Å². The van der Waals surface area contributed by atoms with Crippen molar-refractivity contribution in [3.63, 3.8) is 0 Å². The van der Waals surface area contributed by atoms with E-state index in [0.717, 1.165) is 23.9 Å². The molecule has 0 radical (unpaired) electrons. The maximum Gasteiger partial charge on any atom is 0.319 e. The van der Waals surface area contributed by atoms with E-state index in [-0.39, 0.29) is 22.9 Å². The summed E-state index contributed by atoms with van der Waals surface area (Å²) < 4.78 is 32.3. The van der Waals surface area contributed by atoms with E-state index in [1.807, 2.05) is 0 Å². The molecule has 0 aliphatic heterocycles. The van der Waals surface area contributed by atoms with Crippen LogP contribution in [0.25, 0.3) is 0 Å². The van der Waals surface area contributed by atoms with Crippen LogP contribution in [0.5, 0.6) is 0 Å². The molecule has 0 fully saturated rings. The molecule has 0 heterocycles. The third kappa shape index (κ3) is 5.19. The Morgan fingerprint density at radius 3 is 2.65 bits per heavy atom. The molecule has 0 aromatic heterocycles. The number of carbonyl (C=O) groups excluding carboxylic acids is 2. The van der Waals surface area contributed by atoms with E-state index in [4.69, 9.17) is 16.3 Å². The Morgan fingerprint density at radius 2 is 2.00 bits per heavy atom. The highest BCUT2D eigenvalue weighted by Gasteiger charge is 2.19. The van der Waals surface area contributed by atoms with Crippen LogP contribution in [-0.2, 0) is 9.53 Å². The number of benzene rings is 2. The summed E-state index contributed by atoms with van der Waals surface area (Å²) in [7, 11) is 0. The topological polar surface area (TPSA) is 55.4 Å². The molecule has 2 aromatic carbocycles. The standard InChI is InChI=1S/C18H16ClF2NO3S/c1-3-25-18(24)10(2)26-16-9-15(14(21)8-13(16)19)22-17(23)11-5-4-6-12(20)7-11/h4-10H,3H2,1-2H3,(H,22,23). The van der Waals surface area contributed by atoms with Crippen LogP contribution in [0.1, 0.15) is 24.2 Å². The largest absolute Gasteiger partial charge is 0.465 e. The number of amides is 1.